The lowest BCUT2D eigenvalue weighted by Crippen LogP contribution is -2.13. The van der Waals surface area contributed by atoms with Gasteiger partial charge in [0.15, 0.2) is 0 Å². The summed E-state index contributed by atoms with van der Waals surface area (Å²) in [5.74, 6) is 1.53. The van der Waals surface area contributed by atoms with Gasteiger partial charge in [0.25, 0.3) is 6.43 Å². The summed E-state index contributed by atoms with van der Waals surface area (Å²) in [5.41, 5.74) is 1.77. The van der Waals surface area contributed by atoms with Gasteiger partial charge in [0.05, 0.1) is 0 Å². The van der Waals surface area contributed by atoms with Crippen molar-refractivity contribution in [2.45, 2.75) is 108 Å². The molecule has 2 aromatic rings. The summed E-state index contributed by atoms with van der Waals surface area (Å²) in [5, 5.41) is -0.116. The van der Waals surface area contributed by atoms with Crippen molar-refractivity contribution in [2.24, 2.45) is 5.92 Å². The molecule has 1 aliphatic rings. The maximum Gasteiger partial charge on any atom is 0.263 e. The van der Waals surface area contributed by atoms with E-state index in [-0.39, 0.29) is 10.7 Å². The molecule has 0 amide bonds. The highest BCUT2D eigenvalue weighted by Gasteiger charge is 2.22. The minimum atomic E-state index is -2.51. The number of halogens is 2. The van der Waals surface area contributed by atoms with Crippen molar-refractivity contribution in [1.29, 1.82) is 0 Å². The lowest BCUT2D eigenvalue weighted by atomic mass is 9.77. The lowest BCUT2D eigenvalue weighted by molar-refractivity contribution is 0.108. The summed E-state index contributed by atoms with van der Waals surface area (Å²) in [6.45, 7) is 2.27. The van der Waals surface area contributed by atoms with Crippen molar-refractivity contribution in [3.05, 3.63) is 65.2 Å². The highest BCUT2D eigenvalue weighted by atomic mass is 32.2. The molecule has 1 aliphatic carbocycles. The predicted molar refractivity (Wildman–Crippen MR) is 140 cm³/mol. The van der Waals surface area contributed by atoms with Crippen LogP contribution in [-0.4, -0.2) is 5.12 Å². The highest BCUT2D eigenvalue weighted by molar-refractivity contribution is 8.14. The number of carbonyl (C=O) groups excluding carboxylic acids is 1. The van der Waals surface area contributed by atoms with E-state index < -0.39 is 6.43 Å². The van der Waals surface area contributed by atoms with Crippen LogP contribution in [0.15, 0.2) is 53.4 Å². The fraction of sp³-hybridized carbons (Fsp3) is 0.567. The molecule has 186 valence electrons. The first-order valence-electron chi connectivity index (χ1n) is 13.3. The zero-order chi connectivity index (χ0) is 24.2. The number of rotatable bonds is 13. The summed E-state index contributed by atoms with van der Waals surface area (Å²) in [6.07, 6.45) is 15.3. The Morgan fingerprint density at radius 1 is 0.824 bits per heavy atom. The fourth-order valence-corrected chi connectivity index (χ4v) is 5.83. The van der Waals surface area contributed by atoms with Gasteiger partial charge in [-0.05, 0) is 67.0 Å². The molecule has 0 N–H and O–H groups in total. The monoisotopic (exact) mass is 486 g/mol. The maximum atomic E-state index is 12.7. The van der Waals surface area contributed by atoms with Gasteiger partial charge in [0, 0.05) is 16.0 Å². The smallest absolute Gasteiger partial charge is 0.263 e. The summed E-state index contributed by atoms with van der Waals surface area (Å²) < 4.78 is 25.4. The van der Waals surface area contributed by atoms with Gasteiger partial charge in [-0.1, -0.05) is 101 Å². The highest BCUT2D eigenvalue weighted by Crippen LogP contribution is 2.38. The second kappa shape index (κ2) is 14.7. The first-order chi connectivity index (χ1) is 16.6. The molecule has 0 aliphatic heterocycles. The van der Waals surface area contributed by atoms with Crippen LogP contribution in [0, 0.1) is 5.92 Å². The molecule has 1 fully saturated rings. The zero-order valence-corrected chi connectivity index (χ0v) is 21.4. The third-order valence-corrected chi connectivity index (χ3v) is 8.20. The largest absolute Gasteiger partial charge is 0.281 e. The number of thioether (sulfide) groups is 1. The number of hydrogen-bond acceptors (Lipinski definition) is 2. The van der Waals surface area contributed by atoms with Crippen LogP contribution >= 0.6 is 11.8 Å². The molecule has 0 unspecified atom stereocenters. The van der Waals surface area contributed by atoms with Crippen LogP contribution in [0.1, 0.15) is 124 Å². The summed E-state index contributed by atoms with van der Waals surface area (Å²) in [7, 11) is 0. The Labute approximate surface area is 209 Å². The van der Waals surface area contributed by atoms with E-state index in [0.29, 0.717) is 11.5 Å². The topological polar surface area (TPSA) is 17.1 Å². The molecule has 0 saturated heterocycles. The number of hydrogen-bond donors (Lipinski definition) is 0. The van der Waals surface area contributed by atoms with E-state index in [4.69, 9.17) is 0 Å². The summed E-state index contributed by atoms with van der Waals surface area (Å²) >= 11 is 1.16. The average molecular weight is 487 g/mol. The van der Waals surface area contributed by atoms with Gasteiger partial charge in [0.1, 0.15) is 0 Å². The first-order valence-corrected chi connectivity index (χ1v) is 14.1. The van der Waals surface area contributed by atoms with Crippen molar-refractivity contribution in [3.8, 4) is 0 Å². The third kappa shape index (κ3) is 8.83. The molecule has 1 nitrogen and oxygen atoms in total. The van der Waals surface area contributed by atoms with E-state index in [1.807, 2.05) is 12.1 Å². The fourth-order valence-electron chi connectivity index (χ4n) is 5.09. The standard InChI is InChI=1S/C30H40F2OS/c1-2-3-4-5-6-7-8-9-10-23-11-13-24(14-12-23)25-19-21-28(22-20-25)34-30(33)27-17-15-26(16-18-27)29(31)32/h15-24,29H,2-14H2,1H3. The van der Waals surface area contributed by atoms with Crippen molar-refractivity contribution in [2.75, 3.05) is 0 Å². The van der Waals surface area contributed by atoms with Crippen LogP contribution in [0.25, 0.3) is 0 Å². The summed E-state index contributed by atoms with van der Waals surface area (Å²) in [6, 6.07) is 14.0. The minimum Gasteiger partial charge on any atom is -0.281 e. The van der Waals surface area contributed by atoms with Crippen LogP contribution in [0.2, 0.25) is 0 Å². The number of carbonyl (C=O) groups is 1. The van der Waals surface area contributed by atoms with E-state index in [1.165, 1.54) is 113 Å². The molecule has 0 aromatic heterocycles. The van der Waals surface area contributed by atoms with Crippen molar-refractivity contribution in [3.63, 3.8) is 0 Å². The molecule has 0 bridgehead atoms. The van der Waals surface area contributed by atoms with Crippen molar-refractivity contribution < 1.29 is 13.6 Å². The molecule has 0 radical (unpaired) electrons. The van der Waals surface area contributed by atoms with Gasteiger partial charge in [-0.15, -0.1) is 0 Å². The molecule has 3 rings (SSSR count). The normalized spacial score (nSPS) is 18.4. The molecule has 1 saturated carbocycles. The van der Waals surface area contributed by atoms with Gasteiger partial charge in [-0.2, -0.15) is 0 Å². The second-order valence-electron chi connectivity index (χ2n) is 9.86. The van der Waals surface area contributed by atoms with E-state index >= 15 is 0 Å². The number of alkyl halides is 2. The third-order valence-electron chi connectivity index (χ3n) is 7.27. The average Bonchev–Trinajstić information content (AvgIpc) is 2.86. The Balaban J connectivity index is 1.35. The van der Waals surface area contributed by atoms with Gasteiger partial charge in [-0.3, -0.25) is 4.79 Å². The maximum absolute atomic E-state index is 12.7. The predicted octanol–water partition coefficient (Wildman–Crippen LogP) is 10.4. The van der Waals surface area contributed by atoms with Crippen LogP contribution in [-0.2, 0) is 0 Å². The number of benzene rings is 2. The Morgan fingerprint density at radius 3 is 2.00 bits per heavy atom. The van der Waals surface area contributed by atoms with Gasteiger partial charge >= 0.3 is 0 Å². The molecule has 0 heterocycles. The van der Waals surface area contributed by atoms with Crippen molar-refractivity contribution >= 4 is 16.9 Å². The SMILES string of the molecule is CCCCCCCCCCC1CCC(c2ccc(SC(=O)c3ccc(C(F)F)cc3)cc2)CC1. The number of unbranched alkanes of at least 4 members (excludes halogenated alkanes) is 7. The molecular weight excluding hydrogens is 446 g/mol. The lowest BCUT2D eigenvalue weighted by Gasteiger charge is -2.29. The zero-order valence-electron chi connectivity index (χ0n) is 20.6. The molecule has 0 spiro atoms. The van der Waals surface area contributed by atoms with Gasteiger partial charge < -0.3 is 0 Å². The van der Waals surface area contributed by atoms with Crippen molar-refractivity contribution in [1.82, 2.24) is 0 Å². The van der Waals surface area contributed by atoms with Crippen LogP contribution < -0.4 is 0 Å². The van der Waals surface area contributed by atoms with E-state index in [2.05, 4.69) is 19.1 Å². The minimum absolute atomic E-state index is 0.0570. The molecule has 2 aromatic carbocycles. The van der Waals surface area contributed by atoms with Gasteiger partial charge in [0.2, 0.25) is 5.12 Å². The Morgan fingerprint density at radius 2 is 1.41 bits per heavy atom. The first kappa shape index (κ1) is 26.9. The van der Waals surface area contributed by atoms with Crippen LogP contribution in [0.5, 0.6) is 0 Å². The Hall–Kier alpha value is -1.68. The van der Waals surface area contributed by atoms with Crippen LogP contribution in [0.4, 0.5) is 8.78 Å². The van der Waals surface area contributed by atoms with E-state index in [1.54, 1.807) is 0 Å². The molecular formula is C30H40F2OS. The molecule has 34 heavy (non-hydrogen) atoms. The molecule has 4 heteroatoms. The summed E-state index contributed by atoms with van der Waals surface area (Å²) in [4.78, 5) is 13.4. The van der Waals surface area contributed by atoms with Gasteiger partial charge in [-0.25, -0.2) is 8.78 Å². The van der Waals surface area contributed by atoms with Crippen LogP contribution in [0.3, 0.4) is 0 Å². The van der Waals surface area contributed by atoms with E-state index in [9.17, 15) is 13.6 Å². The Kier molecular flexibility index (Phi) is 11.6. The van der Waals surface area contributed by atoms with E-state index in [0.717, 1.165) is 22.6 Å². The molecule has 0 atom stereocenters. The quantitative estimate of drug-likeness (QED) is 0.207. The Bertz CT molecular complexity index is 839. The second-order valence-corrected chi connectivity index (χ2v) is 10.9.